The predicted octanol–water partition coefficient (Wildman–Crippen LogP) is 2.20. The van der Waals surface area contributed by atoms with E-state index in [0.717, 1.165) is 22.3 Å². The molecule has 2 amide bonds. The van der Waals surface area contributed by atoms with Crippen molar-refractivity contribution >= 4 is 11.8 Å². The third-order valence-electron chi connectivity index (χ3n) is 4.29. The molecule has 0 spiro atoms. The van der Waals surface area contributed by atoms with Crippen molar-refractivity contribution in [3.63, 3.8) is 0 Å². The lowest BCUT2D eigenvalue weighted by molar-refractivity contribution is -0.134. The van der Waals surface area contributed by atoms with Crippen LogP contribution < -0.4 is 11.1 Å². The van der Waals surface area contributed by atoms with Gasteiger partial charge in [-0.3, -0.25) is 9.59 Å². The molecule has 2 atom stereocenters. The molecule has 25 heavy (non-hydrogen) atoms. The lowest BCUT2D eigenvalue weighted by Crippen LogP contribution is -2.47. The topological polar surface area (TPSA) is 81.4 Å². The van der Waals surface area contributed by atoms with Crippen LogP contribution in [0.5, 0.6) is 0 Å². The molecule has 0 saturated carbocycles. The van der Waals surface area contributed by atoms with E-state index in [4.69, 9.17) is 10.5 Å². The molecule has 0 saturated heterocycles. The number of rotatable bonds is 7. The maximum absolute atomic E-state index is 12.6. The zero-order valence-electron chi connectivity index (χ0n) is 14.8. The van der Waals surface area contributed by atoms with Crippen LogP contribution in [0.2, 0.25) is 0 Å². The summed E-state index contributed by atoms with van der Waals surface area (Å²) >= 11 is 0. The lowest BCUT2D eigenvalue weighted by atomic mass is 9.96. The van der Waals surface area contributed by atoms with Crippen LogP contribution in [0.4, 0.5) is 0 Å². The minimum Gasteiger partial charge on any atom is -0.368 e. The monoisotopic (exact) mass is 340 g/mol. The van der Waals surface area contributed by atoms with Crippen molar-refractivity contribution in [3.05, 3.63) is 70.8 Å². The van der Waals surface area contributed by atoms with E-state index < -0.39 is 18.1 Å². The fraction of sp³-hybridized carbons (Fsp3) is 0.300. The first kappa shape index (κ1) is 18.7. The van der Waals surface area contributed by atoms with E-state index in [1.807, 2.05) is 50.2 Å². The molecule has 0 fully saturated rings. The average molecular weight is 340 g/mol. The maximum Gasteiger partial charge on any atom is 0.254 e. The zero-order chi connectivity index (χ0) is 18.4. The van der Waals surface area contributed by atoms with Gasteiger partial charge in [-0.1, -0.05) is 48.5 Å². The smallest absolute Gasteiger partial charge is 0.254 e. The Bertz CT molecular complexity index is 724. The number of hydrogen-bond donors (Lipinski definition) is 2. The number of benzene rings is 2. The van der Waals surface area contributed by atoms with Gasteiger partial charge in [-0.2, -0.15) is 0 Å². The second kappa shape index (κ2) is 8.44. The first-order valence-electron chi connectivity index (χ1n) is 8.16. The molecule has 0 aromatic heterocycles. The molecule has 0 unspecified atom stereocenters. The van der Waals surface area contributed by atoms with Gasteiger partial charge in [0.1, 0.15) is 6.04 Å². The summed E-state index contributed by atoms with van der Waals surface area (Å²) in [5.74, 6) is -0.956. The highest BCUT2D eigenvalue weighted by atomic mass is 16.5. The minimum atomic E-state index is -0.798. The lowest BCUT2D eigenvalue weighted by Gasteiger charge is -2.21. The van der Waals surface area contributed by atoms with Gasteiger partial charge in [-0.15, -0.1) is 0 Å². The Kier molecular flexibility index (Phi) is 6.31. The largest absolute Gasteiger partial charge is 0.368 e. The number of nitrogens with one attached hydrogen (secondary N) is 1. The van der Waals surface area contributed by atoms with E-state index in [-0.39, 0.29) is 5.91 Å². The molecular weight excluding hydrogens is 316 g/mol. The minimum absolute atomic E-state index is 0.352. The summed E-state index contributed by atoms with van der Waals surface area (Å²) in [6.07, 6.45) is -0.439. The van der Waals surface area contributed by atoms with Crippen molar-refractivity contribution in [1.82, 2.24) is 5.32 Å². The summed E-state index contributed by atoms with van der Waals surface area (Å²) in [6.45, 7) is 3.95. The second-order valence-corrected chi connectivity index (χ2v) is 6.06. The number of ether oxygens (including phenoxy) is 1. The van der Waals surface area contributed by atoms with Crippen molar-refractivity contribution in [1.29, 1.82) is 0 Å². The van der Waals surface area contributed by atoms with Crippen LogP contribution in [0, 0.1) is 13.8 Å². The fourth-order valence-electron chi connectivity index (χ4n) is 2.87. The van der Waals surface area contributed by atoms with Gasteiger partial charge in [-0.05, 0) is 36.1 Å². The number of hydrogen-bond acceptors (Lipinski definition) is 3. The number of carbonyl (C=O) groups excluding carboxylic acids is 2. The molecule has 0 aliphatic carbocycles. The Balaban J connectivity index is 2.18. The summed E-state index contributed by atoms with van der Waals surface area (Å²) in [4.78, 5) is 24.5. The van der Waals surface area contributed by atoms with Crippen molar-refractivity contribution < 1.29 is 14.3 Å². The van der Waals surface area contributed by atoms with Crippen molar-refractivity contribution in [2.45, 2.75) is 32.4 Å². The number of primary amides is 1. The molecule has 0 aliphatic heterocycles. The molecule has 5 nitrogen and oxygen atoms in total. The highest BCUT2D eigenvalue weighted by Crippen LogP contribution is 2.18. The van der Waals surface area contributed by atoms with Crippen LogP contribution in [-0.2, 0) is 20.7 Å². The molecule has 2 aromatic rings. The van der Waals surface area contributed by atoms with Crippen molar-refractivity contribution in [2.24, 2.45) is 5.73 Å². The molecule has 0 heterocycles. The Morgan fingerprint density at radius 2 is 1.64 bits per heavy atom. The highest BCUT2D eigenvalue weighted by molar-refractivity contribution is 5.89. The number of nitrogens with two attached hydrogens (primary N) is 1. The van der Waals surface area contributed by atoms with Gasteiger partial charge < -0.3 is 15.8 Å². The van der Waals surface area contributed by atoms with Gasteiger partial charge in [0.25, 0.3) is 5.91 Å². The van der Waals surface area contributed by atoms with Gasteiger partial charge in [-0.25, -0.2) is 0 Å². The normalized spacial score (nSPS) is 13.1. The highest BCUT2D eigenvalue weighted by Gasteiger charge is 2.26. The Morgan fingerprint density at radius 3 is 2.16 bits per heavy atom. The standard InChI is InChI=1S/C20H24N2O3/c1-13-8-7-9-14(2)16(13)12-17(19(21)23)22-20(24)18(25-3)15-10-5-4-6-11-15/h4-11,17-18H,12H2,1-3H3,(H2,21,23)(H,22,24)/t17-,18+/m1/s1. The van der Waals surface area contributed by atoms with E-state index >= 15 is 0 Å². The predicted molar refractivity (Wildman–Crippen MR) is 96.9 cm³/mol. The van der Waals surface area contributed by atoms with Gasteiger partial charge in [0.05, 0.1) is 0 Å². The van der Waals surface area contributed by atoms with Crippen LogP contribution in [0.1, 0.15) is 28.4 Å². The van der Waals surface area contributed by atoms with E-state index in [2.05, 4.69) is 5.32 Å². The Labute approximate surface area is 148 Å². The number of amides is 2. The van der Waals surface area contributed by atoms with E-state index in [9.17, 15) is 9.59 Å². The zero-order valence-corrected chi connectivity index (χ0v) is 14.8. The molecule has 0 bridgehead atoms. The third kappa shape index (κ3) is 4.67. The van der Waals surface area contributed by atoms with Crippen LogP contribution in [0.25, 0.3) is 0 Å². The summed E-state index contributed by atoms with van der Waals surface area (Å²) in [5.41, 5.74) is 9.38. The first-order chi connectivity index (χ1) is 11.9. The molecule has 132 valence electrons. The molecule has 5 heteroatoms. The number of methoxy groups -OCH3 is 1. The van der Waals surface area contributed by atoms with Crippen LogP contribution in [0.15, 0.2) is 48.5 Å². The van der Waals surface area contributed by atoms with E-state index in [1.54, 1.807) is 12.1 Å². The maximum atomic E-state index is 12.6. The van der Waals surface area contributed by atoms with E-state index in [0.29, 0.717) is 6.42 Å². The van der Waals surface area contributed by atoms with Gasteiger partial charge in [0, 0.05) is 13.5 Å². The van der Waals surface area contributed by atoms with Crippen LogP contribution in [-0.4, -0.2) is 25.0 Å². The van der Waals surface area contributed by atoms with E-state index in [1.165, 1.54) is 7.11 Å². The molecule has 2 rings (SSSR count). The van der Waals surface area contributed by atoms with Crippen molar-refractivity contribution in [3.8, 4) is 0 Å². The number of aryl methyl sites for hydroxylation is 2. The molecule has 0 aliphatic rings. The van der Waals surface area contributed by atoms with Gasteiger partial charge in [0.15, 0.2) is 6.10 Å². The van der Waals surface area contributed by atoms with Crippen LogP contribution >= 0.6 is 0 Å². The Hall–Kier alpha value is -2.66. The van der Waals surface area contributed by atoms with Gasteiger partial charge >= 0.3 is 0 Å². The van der Waals surface area contributed by atoms with Crippen LogP contribution in [0.3, 0.4) is 0 Å². The quantitative estimate of drug-likeness (QED) is 0.811. The first-order valence-corrected chi connectivity index (χ1v) is 8.16. The number of carbonyl (C=O) groups is 2. The average Bonchev–Trinajstić information content (AvgIpc) is 2.58. The molecule has 3 N–H and O–H groups in total. The fourth-order valence-corrected chi connectivity index (χ4v) is 2.87. The molecule has 0 radical (unpaired) electrons. The third-order valence-corrected chi connectivity index (χ3v) is 4.29. The second-order valence-electron chi connectivity index (χ2n) is 6.06. The molecular formula is C20H24N2O3. The SMILES string of the molecule is CO[C@H](C(=O)N[C@H](Cc1c(C)cccc1C)C(N)=O)c1ccccc1. The molecule has 2 aromatic carbocycles. The summed E-state index contributed by atoms with van der Waals surface area (Å²) < 4.78 is 5.31. The summed E-state index contributed by atoms with van der Waals surface area (Å²) in [7, 11) is 1.46. The van der Waals surface area contributed by atoms with Crippen molar-refractivity contribution in [2.75, 3.05) is 7.11 Å². The summed E-state index contributed by atoms with van der Waals surface area (Å²) in [6, 6.07) is 14.2. The summed E-state index contributed by atoms with van der Waals surface area (Å²) in [5, 5.41) is 2.73. The van der Waals surface area contributed by atoms with Gasteiger partial charge in [0.2, 0.25) is 5.91 Å². The Morgan fingerprint density at radius 1 is 1.04 bits per heavy atom.